The molecule has 1 fully saturated rings. The van der Waals surface area contributed by atoms with E-state index in [2.05, 4.69) is 10.6 Å². The summed E-state index contributed by atoms with van der Waals surface area (Å²) < 4.78 is 26.0. The average molecular weight is 401 g/mol. The van der Waals surface area contributed by atoms with Crippen molar-refractivity contribution in [2.75, 3.05) is 19.4 Å². The van der Waals surface area contributed by atoms with Crippen LogP contribution in [-0.2, 0) is 21.4 Å². The molecule has 0 bridgehead atoms. The summed E-state index contributed by atoms with van der Waals surface area (Å²) in [4.78, 5) is 24.3. The molecule has 0 heterocycles. The number of hydrogen-bond donors (Lipinski definition) is 2. The first-order valence-electron chi connectivity index (χ1n) is 8.98. The van der Waals surface area contributed by atoms with Crippen LogP contribution in [0.1, 0.15) is 28.8 Å². The lowest BCUT2D eigenvalue weighted by molar-refractivity contribution is -0.117. The van der Waals surface area contributed by atoms with Crippen LogP contribution < -0.4 is 10.6 Å². The highest BCUT2D eigenvalue weighted by atomic mass is 32.2. The van der Waals surface area contributed by atoms with Gasteiger partial charge in [-0.2, -0.15) is 0 Å². The fraction of sp³-hybridized carbons (Fsp3) is 0.300. The lowest BCUT2D eigenvalue weighted by atomic mass is 10.1. The molecule has 1 saturated carbocycles. The molecule has 1 aliphatic rings. The fourth-order valence-electron chi connectivity index (χ4n) is 2.67. The second-order valence-electron chi connectivity index (χ2n) is 6.92. The van der Waals surface area contributed by atoms with Gasteiger partial charge < -0.3 is 10.6 Å². The largest absolute Gasteiger partial charge is 0.348 e. The minimum absolute atomic E-state index is 0.0101. The van der Waals surface area contributed by atoms with Crippen LogP contribution in [0.15, 0.2) is 53.4 Å². The topological polar surface area (TPSA) is 95.6 Å². The maximum atomic E-state index is 12.4. The van der Waals surface area contributed by atoms with Crippen molar-refractivity contribution in [2.45, 2.75) is 24.3 Å². The minimum Gasteiger partial charge on any atom is -0.348 e. The maximum Gasteiger partial charge on any atom is 0.251 e. The Kier molecular flexibility index (Phi) is 5.81. The number of rotatable bonds is 7. The van der Waals surface area contributed by atoms with E-state index in [1.807, 2.05) is 0 Å². The number of sulfonamides is 1. The number of carbonyl (C=O) groups excluding carboxylic acids is 2. The Balaban J connectivity index is 1.65. The summed E-state index contributed by atoms with van der Waals surface area (Å²) >= 11 is 0. The van der Waals surface area contributed by atoms with Crippen LogP contribution >= 0.6 is 0 Å². The first kappa shape index (κ1) is 20.0. The van der Waals surface area contributed by atoms with Crippen molar-refractivity contribution >= 4 is 27.5 Å². The Morgan fingerprint density at radius 2 is 1.68 bits per heavy atom. The molecule has 7 nitrogen and oxygen atoms in total. The maximum absolute atomic E-state index is 12.4. The lowest BCUT2D eigenvalue weighted by Crippen LogP contribution is -2.27. The van der Waals surface area contributed by atoms with Crippen LogP contribution in [0.5, 0.6) is 0 Å². The Bertz CT molecular complexity index is 981. The van der Waals surface area contributed by atoms with E-state index >= 15 is 0 Å². The van der Waals surface area contributed by atoms with Gasteiger partial charge in [-0.05, 0) is 48.7 Å². The van der Waals surface area contributed by atoms with Crippen molar-refractivity contribution in [3.05, 3.63) is 59.7 Å². The van der Waals surface area contributed by atoms with Gasteiger partial charge in [0.15, 0.2) is 0 Å². The third kappa shape index (κ3) is 4.58. The molecule has 2 N–H and O–H groups in total. The first-order chi connectivity index (χ1) is 13.3. The SMILES string of the molecule is CN(C)S(=O)(=O)c1ccccc1CNC(=O)c1ccc(NC(=O)C2CC2)cc1. The summed E-state index contributed by atoms with van der Waals surface area (Å²) in [5.41, 5.74) is 1.59. The van der Waals surface area contributed by atoms with Crippen LogP contribution in [-0.4, -0.2) is 38.6 Å². The number of nitrogens with one attached hydrogen (secondary N) is 2. The zero-order valence-electron chi connectivity index (χ0n) is 15.8. The highest BCUT2D eigenvalue weighted by Crippen LogP contribution is 2.30. The molecule has 0 atom stereocenters. The number of carbonyl (C=O) groups is 2. The predicted octanol–water partition coefficient (Wildman–Crippen LogP) is 2.22. The fourth-order valence-corrected chi connectivity index (χ4v) is 3.79. The van der Waals surface area contributed by atoms with E-state index < -0.39 is 10.0 Å². The quantitative estimate of drug-likeness (QED) is 0.744. The molecule has 1 aliphatic carbocycles. The second-order valence-corrected chi connectivity index (χ2v) is 9.04. The Morgan fingerprint density at radius 3 is 2.29 bits per heavy atom. The normalized spacial score (nSPS) is 14.0. The van der Waals surface area contributed by atoms with Gasteiger partial charge in [0.1, 0.15) is 0 Å². The molecule has 28 heavy (non-hydrogen) atoms. The van der Waals surface area contributed by atoms with Gasteiger partial charge in [-0.3, -0.25) is 9.59 Å². The lowest BCUT2D eigenvalue weighted by Gasteiger charge is -2.15. The van der Waals surface area contributed by atoms with Crippen LogP contribution in [0.4, 0.5) is 5.69 Å². The molecule has 3 rings (SSSR count). The van der Waals surface area contributed by atoms with Crippen molar-refractivity contribution in [2.24, 2.45) is 5.92 Å². The second kappa shape index (κ2) is 8.12. The van der Waals surface area contributed by atoms with Crippen LogP contribution in [0.25, 0.3) is 0 Å². The molecule has 0 aromatic heterocycles. The van der Waals surface area contributed by atoms with E-state index in [4.69, 9.17) is 0 Å². The molecule has 0 spiro atoms. The number of amides is 2. The van der Waals surface area contributed by atoms with Crippen molar-refractivity contribution in [1.29, 1.82) is 0 Å². The summed E-state index contributed by atoms with van der Waals surface area (Å²) in [6, 6.07) is 13.2. The standard InChI is InChI=1S/C20H23N3O4S/c1-23(2)28(26,27)18-6-4-3-5-16(18)13-21-19(24)14-9-11-17(12-10-14)22-20(25)15-7-8-15/h3-6,9-12,15H,7-8,13H2,1-2H3,(H,21,24)(H,22,25). The van der Waals surface area contributed by atoms with Crippen molar-refractivity contribution < 1.29 is 18.0 Å². The van der Waals surface area contributed by atoms with E-state index in [0.717, 1.165) is 17.1 Å². The Labute approximate surface area is 164 Å². The predicted molar refractivity (Wildman–Crippen MR) is 106 cm³/mol. The molecule has 8 heteroatoms. The molecule has 0 unspecified atom stereocenters. The zero-order valence-corrected chi connectivity index (χ0v) is 16.6. The first-order valence-corrected chi connectivity index (χ1v) is 10.4. The number of nitrogens with zero attached hydrogens (tertiary/aromatic N) is 1. The van der Waals surface area contributed by atoms with Crippen LogP contribution in [0.3, 0.4) is 0 Å². The molecular weight excluding hydrogens is 378 g/mol. The van der Waals surface area contributed by atoms with Gasteiger partial charge in [0.25, 0.3) is 5.91 Å². The monoisotopic (exact) mass is 401 g/mol. The van der Waals surface area contributed by atoms with Gasteiger partial charge in [-0.15, -0.1) is 0 Å². The average Bonchev–Trinajstić information content (AvgIpc) is 3.52. The van der Waals surface area contributed by atoms with E-state index in [0.29, 0.717) is 16.8 Å². The smallest absolute Gasteiger partial charge is 0.251 e. The Hall–Kier alpha value is -2.71. The van der Waals surface area contributed by atoms with Crippen molar-refractivity contribution in [3.63, 3.8) is 0 Å². The summed E-state index contributed by atoms with van der Waals surface area (Å²) in [5.74, 6) is -0.200. The Morgan fingerprint density at radius 1 is 1.04 bits per heavy atom. The van der Waals surface area contributed by atoms with Crippen molar-refractivity contribution in [1.82, 2.24) is 9.62 Å². The number of hydrogen-bond acceptors (Lipinski definition) is 4. The molecule has 0 radical (unpaired) electrons. The van der Waals surface area contributed by atoms with Gasteiger partial charge in [0.05, 0.1) is 4.90 Å². The molecule has 0 aliphatic heterocycles. The number of anilines is 1. The summed E-state index contributed by atoms with van der Waals surface area (Å²) in [5, 5.41) is 5.57. The van der Waals surface area contributed by atoms with E-state index in [-0.39, 0.29) is 29.2 Å². The number of benzene rings is 2. The minimum atomic E-state index is -3.60. The summed E-state index contributed by atoms with van der Waals surface area (Å²) in [7, 11) is -0.664. The van der Waals surface area contributed by atoms with Gasteiger partial charge in [0.2, 0.25) is 15.9 Å². The molecular formula is C20H23N3O4S. The molecule has 2 aromatic carbocycles. The van der Waals surface area contributed by atoms with Gasteiger partial charge >= 0.3 is 0 Å². The highest BCUT2D eigenvalue weighted by molar-refractivity contribution is 7.89. The third-order valence-electron chi connectivity index (χ3n) is 4.53. The van der Waals surface area contributed by atoms with Crippen molar-refractivity contribution in [3.8, 4) is 0 Å². The summed E-state index contributed by atoms with van der Waals surface area (Å²) in [6.45, 7) is 0.0856. The van der Waals surface area contributed by atoms with Gasteiger partial charge in [-0.25, -0.2) is 12.7 Å². The molecule has 2 aromatic rings. The van der Waals surface area contributed by atoms with E-state index in [1.54, 1.807) is 42.5 Å². The van der Waals surface area contributed by atoms with E-state index in [9.17, 15) is 18.0 Å². The molecule has 2 amide bonds. The van der Waals surface area contributed by atoms with Crippen LogP contribution in [0.2, 0.25) is 0 Å². The molecule has 148 valence electrons. The highest BCUT2D eigenvalue weighted by Gasteiger charge is 2.29. The van der Waals surface area contributed by atoms with Crippen LogP contribution in [0, 0.1) is 5.92 Å². The van der Waals surface area contributed by atoms with Gasteiger partial charge in [-0.1, -0.05) is 18.2 Å². The van der Waals surface area contributed by atoms with Gasteiger partial charge in [0, 0.05) is 37.8 Å². The summed E-state index contributed by atoms with van der Waals surface area (Å²) in [6.07, 6.45) is 1.86. The molecule has 0 saturated heterocycles. The zero-order chi connectivity index (χ0) is 20.3. The van der Waals surface area contributed by atoms with E-state index in [1.165, 1.54) is 20.2 Å². The third-order valence-corrected chi connectivity index (χ3v) is 6.45.